The summed E-state index contributed by atoms with van der Waals surface area (Å²) in [6.07, 6.45) is 4.54. The number of rotatable bonds is 3. The summed E-state index contributed by atoms with van der Waals surface area (Å²) in [6.45, 7) is 0. The first-order valence-corrected chi connectivity index (χ1v) is 7.51. The highest BCUT2D eigenvalue weighted by atomic mass is 35.5. The Bertz CT molecular complexity index is 498. The van der Waals surface area contributed by atoms with Crippen LogP contribution in [0.2, 0.25) is 5.28 Å². The van der Waals surface area contributed by atoms with Crippen molar-refractivity contribution in [1.29, 1.82) is 0 Å². The first-order chi connectivity index (χ1) is 8.47. The van der Waals surface area contributed by atoms with E-state index in [0.29, 0.717) is 25.7 Å². The van der Waals surface area contributed by atoms with Gasteiger partial charge in [-0.1, -0.05) is 0 Å². The third-order valence-corrected chi connectivity index (χ3v) is 4.60. The molecule has 2 rings (SSSR count). The second-order valence-corrected chi connectivity index (χ2v) is 6.37. The maximum Gasteiger partial charge on any atom is 0.243 e. The summed E-state index contributed by atoms with van der Waals surface area (Å²) in [5.41, 5.74) is 0. The Labute approximate surface area is 110 Å². The van der Waals surface area contributed by atoms with Gasteiger partial charge in [-0.3, -0.25) is 0 Å². The maximum absolute atomic E-state index is 12.0. The minimum atomic E-state index is -3.61. The number of aliphatic hydroxyl groups excluding tert-OH is 1. The van der Waals surface area contributed by atoms with E-state index in [1.165, 1.54) is 12.4 Å². The molecule has 0 amide bonds. The van der Waals surface area contributed by atoms with Crippen molar-refractivity contribution in [3.63, 3.8) is 0 Å². The molecular formula is C10H14ClN3O3S. The van der Waals surface area contributed by atoms with Crippen LogP contribution in [0.15, 0.2) is 17.3 Å². The lowest BCUT2D eigenvalue weighted by Gasteiger charge is -2.25. The normalized spacial score (nSPS) is 25.0. The second kappa shape index (κ2) is 5.48. The fourth-order valence-corrected chi connectivity index (χ4v) is 3.21. The molecule has 8 heteroatoms. The fraction of sp³-hybridized carbons (Fsp3) is 0.600. The highest BCUT2D eigenvalue weighted by Crippen LogP contribution is 2.20. The van der Waals surface area contributed by atoms with E-state index >= 15 is 0 Å². The van der Waals surface area contributed by atoms with Crippen LogP contribution < -0.4 is 4.72 Å². The Morgan fingerprint density at radius 2 is 1.78 bits per heavy atom. The van der Waals surface area contributed by atoms with Crippen LogP contribution in [0.5, 0.6) is 0 Å². The molecule has 100 valence electrons. The van der Waals surface area contributed by atoms with Crippen molar-refractivity contribution < 1.29 is 13.5 Å². The first kappa shape index (κ1) is 13.7. The van der Waals surface area contributed by atoms with Gasteiger partial charge in [0.2, 0.25) is 15.3 Å². The van der Waals surface area contributed by atoms with E-state index in [-0.39, 0.29) is 22.3 Å². The lowest BCUT2D eigenvalue weighted by atomic mass is 9.94. The third-order valence-electron chi connectivity index (χ3n) is 2.93. The number of sulfonamides is 1. The molecule has 18 heavy (non-hydrogen) atoms. The molecule has 0 radical (unpaired) electrons. The molecule has 0 atom stereocenters. The van der Waals surface area contributed by atoms with Crippen molar-refractivity contribution in [1.82, 2.24) is 14.7 Å². The number of nitrogens with one attached hydrogen (secondary N) is 1. The smallest absolute Gasteiger partial charge is 0.243 e. The van der Waals surface area contributed by atoms with Crippen molar-refractivity contribution in [2.75, 3.05) is 0 Å². The number of aromatic nitrogens is 2. The molecule has 1 heterocycles. The highest BCUT2D eigenvalue weighted by Gasteiger charge is 2.25. The molecule has 1 aromatic rings. The van der Waals surface area contributed by atoms with Gasteiger partial charge in [0.25, 0.3) is 0 Å². The van der Waals surface area contributed by atoms with Crippen LogP contribution in [0.1, 0.15) is 25.7 Å². The Kier molecular flexibility index (Phi) is 4.16. The average Bonchev–Trinajstić information content (AvgIpc) is 2.32. The predicted octanol–water partition coefficient (Wildman–Crippen LogP) is 0.712. The van der Waals surface area contributed by atoms with Crippen molar-refractivity contribution >= 4 is 21.6 Å². The Morgan fingerprint density at radius 3 is 2.33 bits per heavy atom. The maximum atomic E-state index is 12.0. The summed E-state index contributed by atoms with van der Waals surface area (Å²) in [4.78, 5) is 7.29. The number of aliphatic hydroxyl groups is 1. The van der Waals surface area contributed by atoms with E-state index < -0.39 is 10.0 Å². The monoisotopic (exact) mass is 291 g/mol. The number of nitrogens with zero attached hydrogens (tertiary/aromatic N) is 2. The summed E-state index contributed by atoms with van der Waals surface area (Å²) in [5, 5.41) is 9.37. The lowest BCUT2D eigenvalue weighted by molar-refractivity contribution is 0.120. The van der Waals surface area contributed by atoms with E-state index in [0.717, 1.165) is 0 Å². The van der Waals surface area contributed by atoms with Gasteiger partial charge in [0, 0.05) is 6.04 Å². The molecule has 0 aromatic carbocycles. The molecule has 0 spiro atoms. The SMILES string of the molecule is O=S(=O)(NC1CCC(O)CC1)c1cnc(Cl)nc1. The van der Waals surface area contributed by atoms with Crippen molar-refractivity contribution in [3.05, 3.63) is 17.7 Å². The van der Waals surface area contributed by atoms with Gasteiger partial charge in [0.15, 0.2) is 0 Å². The summed E-state index contributed by atoms with van der Waals surface area (Å²) >= 11 is 5.50. The average molecular weight is 292 g/mol. The molecular weight excluding hydrogens is 278 g/mol. The van der Waals surface area contributed by atoms with Gasteiger partial charge in [-0.05, 0) is 37.3 Å². The molecule has 0 bridgehead atoms. The molecule has 6 nitrogen and oxygen atoms in total. The van der Waals surface area contributed by atoms with Gasteiger partial charge in [-0.25, -0.2) is 23.1 Å². The zero-order valence-electron chi connectivity index (χ0n) is 9.58. The van der Waals surface area contributed by atoms with Crippen LogP contribution in [0.25, 0.3) is 0 Å². The molecule has 1 aliphatic carbocycles. The van der Waals surface area contributed by atoms with Crippen LogP contribution >= 0.6 is 11.6 Å². The molecule has 1 aliphatic rings. The van der Waals surface area contributed by atoms with Crippen molar-refractivity contribution in [2.45, 2.75) is 42.7 Å². The summed E-state index contributed by atoms with van der Waals surface area (Å²) in [7, 11) is -3.61. The van der Waals surface area contributed by atoms with Gasteiger partial charge in [-0.2, -0.15) is 0 Å². The molecule has 0 unspecified atom stereocenters. The van der Waals surface area contributed by atoms with Gasteiger partial charge in [0.1, 0.15) is 4.90 Å². The van der Waals surface area contributed by atoms with Crippen LogP contribution in [0.3, 0.4) is 0 Å². The second-order valence-electron chi connectivity index (χ2n) is 4.31. The van der Waals surface area contributed by atoms with Gasteiger partial charge < -0.3 is 5.11 Å². The molecule has 0 saturated heterocycles. The summed E-state index contributed by atoms with van der Waals surface area (Å²) in [6, 6.07) is -0.144. The fourth-order valence-electron chi connectivity index (χ4n) is 1.92. The van der Waals surface area contributed by atoms with Crippen molar-refractivity contribution in [3.8, 4) is 0 Å². The van der Waals surface area contributed by atoms with Crippen LogP contribution in [-0.2, 0) is 10.0 Å². The van der Waals surface area contributed by atoms with E-state index in [9.17, 15) is 13.5 Å². The predicted molar refractivity (Wildman–Crippen MR) is 65.6 cm³/mol. The largest absolute Gasteiger partial charge is 0.393 e. The zero-order valence-corrected chi connectivity index (χ0v) is 11.2. The van der Waals surface area contributed by atoms with Crippen LogP contribution in [0, 0.1) is 0 Å². The van der Waals surface area contributed by atoms with Crippen LogP contribution in [0.4, 0.5) is 0 Å². The minimum absolute atomic E-state index is 0.00183. The lowest BCUT2D eigenvalue weighted by Crippen LogP contribution is -2.38. The zero-order chi connectivity index (χ0) is 13.2. The van der Waals surface area contributed by atoms with Crippen LogP contribution in [-0.4, -0.2) is 35.6 Å². The molecule has 0 aliphatic heterocycles. The number of hydrogen-bond donors (Lipinski definition) is 2. The van der Waals surface area contributed by atoms with Gasteiger partial charge in [0.05, 0.1) is 18.5 Å². The van der Waals surface area contributed by atoms with E-state index in [1.54, 1.807) is 0 Å². The Balaban J connectivity index is 2.05. The van der Waals surface area contributed by atoms with E-state index in [1.807, 2.05) is 0 Å². The Morgan fingerprint density at radius 1 is 1.22 bits per heavy atom. The van der Waals surface area contributed by atoms with Gasteiger partial charge in [-0.15, -0.1) is 0 Å². The molecule has 1 aromatic heterocycles. The van der Waals surface area contributed by atoms with E-state index in [4.69, 9.17) is 11.6 Å². The highest BCUT2D eigenvalue weighted by molar-refractivity contribution is 7.89. The number of halogens is 1. The molecule has 1 saturated carbocycles. The Hall–Kier alpha value is -0.760. The minimum Gasteiger partial charge on any atom is -0.393 e. The molecule has 2 N–H and O–H groups in total. The van der Waals surface area contributed by atoms with Crippen molar-refractivity contribution in [2.24, 2.45) is 0 Å². The summed E-state index contributed by atoms with van der Waals surface area (Å²) in [5.74, 6) is 0. The number of hydrogen-bond acceptors (Lipinski definition) is 5. The molecule has 1 fully saturated rings. The van der Waals surface area contributed by atoms with E-state index in [2.05, 4.69) is 14.7 Å². The first-order valence-electron chi connectivity index (χ1n) is 5.65. The topological polar surface area (TPSA) is 92.2 Å². The summed E-state index contributed by atoms with van der Waals surface area (Å²) < 4.78 is 26.6. The quantitative estimate of drug-likeness (QED) is 0.800. The standard InChI is InChI=1S/C10H14ClN3O3S/c11-10-12-5-9(6-13-10)18(16,17)14-7-1-3-8(15)4-2-7/h5-8,14-15H,1-4H2. The third kappa shape index (κ3) is 3.38. The van der Waals surface area contributed by atoms with Gasteiger partial charge >= 0.3 is 0 Å².